The molecule has 7 heteroatoms. The Bertz CT molecular complexity index is 1180. The Kier molecular flexibility index (Phi) is 7.12. The van der Waals surface area contributed by atoms with Crippen molar-refractivity contribution in [1.29, 1.82) is 0 Å². The molecule has 3 atom stereocenters. The molecule has 0 spiro atoms. The molecule has 1 aliphatic carbocycles. The lowest BCUT2D eigenvalue weighted by Gasteiger charge is -2.38. The van der Waals surface area contributed by atoms with E-state index < -0.39 is 5.54 Å². The van der Waals surface area contributed by atoms with E-state index in [-0.39, 0.29) is 17.8 Å². The minimum Gasteiger partial charge on any atom is -0.497 e. The summed E-state index contributed by atoms with van der Waals surface area (Å²) in [6.07, 6.45) is 4.04. The molecule has 2 aliphatic heterocycles. The molecule has 1 saturated heterocycles. The van der Waals surface area contributed by atoms with Crippen LogP contribution in [0.5, 0.6) is 5.75 Å². The average Bonchev–Trinajstić information content (AvgIpc) is 3.51. The van der Waals surface area contributed by atoms with Gasteiger partial charge in [-0.05, 0) is 47.6 Å². The topological polar surface area (TPSA) is 54.0 Å². The molecule has 3 aliphatic rings. The predicted molar refractivity (Wildman–Crippen MR) is 151 cm³/mol. The zero-order chi connectivity index (χ0) is 25.2. The largest absolute Gasteiger partial charge is 0.497 e. The van der Waals surface area contributed by atoms with Gasteiger partial charge in [0.1, 0.15) is 23.0 Å². The van der Waals surface area contributed by atoms with Crippen molar-refractivity contribution >= 4 is 23.5 Å². The third kappa shape index (κ3) is 4.98. The van der Waals surface area contributed by atoms with Crippen LogP contribution in [0.25, 0.3) is 0 Å². The molecular weight excluding hydrogens is 500 g/mol. The fourth-order valence-electron chi connectivity index (χ4n) is 5.15. The Morgan fingerprint density at radius 1 is 0.946 bits per heavy atom. The second-order valence-electron chi connectivity index (χ2n) is 9.74. The highest BCUT2D eigenvalue weighted by molar-refractivity contribution is 8.03. The number of ether oxygens (including phenoxy) is 2. The molecule has 3 aromatic rings. The number of aliphatic hydroxyl groups is 1. The molecule has 3 aromatic carbocycles. The third-order valence-electron chi connectivity index (χ3n) is 7.35. The van der Waals surface area contributed by atoms with Crippen LogP contribution in [0.1, 0.15) is 29.5 Å². The Morgan fingerprint density at radius 3 is 2.16 bits per heavy atom. The number of nitrogens with zero attached hydrogens (tertiary/aromatic N) is 1. The third-order valence-corrected chi connectivity index (χ3v) is 9.49. The summed E-state index contributed by atoms with van der Waals surface area (Å²) < 4.78 is 11.8. The zero-order valence-electron chi connectivity index (χ0n) is 20.8. The van der Waals surface area contributed by atoms with Gasteiger partial charge in [0.15, 0.2) is 0 Å². The predicted octanol–water partition coefficient (Wildman–Crippen LogP) is 5.57. The number of rotatable bonds is 9. The minimum atomic E-state index is -0.598. The molecule has 2 N–H and O–H groups in total. The summed E-state index contributed by atoms with van der Waals surface area (Å²) in [4.78, 5) is 2.26. The van der Waals surface area contributed by atoms with Crippen LogP contribution in [0.3, 0.4) is 0 Å². The molecule has 1 unspecified atom stereocenters. The monoisotopic (exact) mass is 532 g/mol. The second-order valence-corrected chi connectivity index (χ2v) is 11.9. The van der Waals surface area contributed by atoms with Gasteiger partial charge in [0.05, 0.1) is 24.1 Å². The van der Waals surface area contributed by atoms with E-state index in [9.17, 15) is 5.11 Å². The van der Waals surface area contributed by atoms with Crippen molar-refractivity contribution < 1.29 is 14.6 Å². The summed E-state index contributed by atoms with van der Waals surface area (Å²) in [5.74, 6) is 2.92. The van der Waals surface area contributed by atoms with Gasteiger partial charge < -0.3 is 24.8 Å². The molecule has 192 valence electrons. The lowest BCUT2D eigenvalue weighted by molar-refractivity contribution is -0.0612. The maximum Gasteiger partial charge on any atom is 0.141 e. The summed E-state index contributed by atoms with van der Waals surface area (Å²) in [7, 11) is 1.70. The van der Waals surface area contributed by atoms with E-state index in [0.717, 1.165) is 51.9 Å². The standard InChI is InChI=1S/C30H32N2O3S2/c1-34-25-16-14-24(15-17-25)30(22-8-4-2-5-9-22,23-10-6-3-7-11-23)31-26-18-32(20-37-26)27-19-36-29(35-27)28(33)21-12-13-21/h2-11,14-18,21,27-29,31,33H,12-13,19-20H2,1H3/t27-,28?,29+/m1/s1. The van der Waals surface area contributed by atoms with E-state index in [1.165, 1.54) is 0 Å². The molecular formula is C30H32N2O3S2. The molecule has 6 rings (SSSR count). The first kappa shape index (κ1) is 24.7. The number of benzene rings is 3. The van der Waals surface area contributed by atoms with Crippen molar-refractivity contribution in [3.8, 4) is 5.75 Å². The van der Waals surface area contributed by atoms with Crippen molar-refractivity contribution in [2.45, 2.75) is 36.1 Å². The summed E-state index contributed by atoms with van der Waals surface area (Å²) in [6, 6.07) is 29.5. The number of methoxy groups -OCH3 is 1. The van der Waals surface area contributed by atoms with Crippen molar-refractivity contribution in [3.05, 3.63) is 113 Å². The lowest BCUT2D eigenvalue weighted by Crippen LogP contribution is -2.43. The van der Waals surface area contributed by atoms with E-state index in [2.05, 4.69) is 89.2 Å². The van der Waals surface area contributed by atoms with Crippen LogP contribution in [0, 0.1) is 5.92 Å². The number of aliphatic hydroxyl groups excluding tert-OH is 1. The van der Waals surface area contributed by atoms with Crippen LogP contribution in [0.2, 0.25) is 0 Å². The van der Waals surface area contributed by atoms with Gasteiger partial charge in [-0.25, -0.2) is 0 Å². The van der Waals surface area contributed by atoms with Crippen LogP contribution < -0.4 is 10.1 Å². The number of thioether (sulfide) groups is 2. The van der Waals surface area contributed by atoms with Crippen LogP contribution in [0.4, 0.5) is 0 Å². The van der Waals surface area contributed by atoms with Gasteiger partial charge in [0.2, 0.25) is 0 Å². The van der Waals surface area contributed by atoms with Gasteiger partial charge in [-0.1, -0.05) is 84.6 Å². The number of hydrogen-bond donors (Lipinski definition) is 2. The summed E-state index contributed by atoms with van der Waals surface area (Å²) in [5, 5.41) is 15.6. The normalized spacial score (nSPS) is 22.5. The summed E-state index contributed by atoms with van der Waals surface area (Å²) in [5.41, 5.74) is 2.73. The summed E-state index contributed by atoms with van der Waals surface area (Å²) >= 11 is 3.52. The van der Waals surface area contributed by atoms with Gasteiger partial charge >= 0.3 is 0 Å². The van der Waals surface area contributed by atoms with Crippen LogP contribution >= 0.6 is 23.5 Å². The Balaban J connectivity index is 1.34. The van der Waals surface area contributed by atoms with E-state index in [0.29, 0.717) is 5.92 Å². The molecule has 1 saturated carbocycles. The van der Waals surface area contributed by atoms with Gasteiger partial charge in [0.25, 0.3) is 0 Å². The van der Waals surface area contributed by atoms with Gasteiger partial charge in [0, 0.05) is 12.0 Å². The van der Waals surface area contributed by atoms with Gasteiger partial charge in [-0.15, -0.1) is 11.8 Å². The Morgan fingerprint density at radius 2 is 1.57 bits per heavy atom. The quantitative estimate of drug-likeness (QED) is 0.350. The highest BCUT2D eigenvalue weighted by Gasteiger charge is 2.43. The van der Waals surface area contributed by atoms with Gasteiger partial charge in [-0.2, -0.15) is 0 Å². The van der Waals surface area contributed by atoms with Crippen LogP contribution in [-0.4, -0.2) is 46.5 Å². The van der Waals surface area contributed by atoms with Crippen molar-refractivity contribution in [2.75, 3.05) is 18.7 Å². The first-order chi connectivity index (χ1) is 18.2. The Hall–Kier alpha value is -2.58. The summed E-state index contributed by atoms with van der Waals surface area (Å²) in [6.45, 7) is 0. The molecule has 0 bridgehead atoms. The molecule has 2 heterocycles. The second kappa shape index (κ2) is 10.7. The first-order valence-corrected chi connectivity index (χ1v) is 14.8. The SMILES string of the molecule is COc1ccc(C(NC2=CN([C@H]3CS[C@@H](C(O)C4CC4)O3)CS2)(c2ccccc2)c2ccccc2)cc1. The Labute approximate surface area is 227 Å². The molecule has 0 aromatic heterocycles. The zero-order valence-corrected chi connectivity index (χ0v) is 22.5. The fraction of sp³-hybridized carbons (Fsp3) is 0.333. The first-order valence-electron chi connectivity index (χ1n) is 12.8. The number of nitrogens with one attached hydrogen (secondary N) is 1. The molecule has 2 fully saturated rings. The van der Waals surface area contributed by atoms with E-state index in [4.69, 9.17) is 9.47 Å². The molecule has 0 radical (unpaired) electrons. The number of hydrogen-bond acceptors (Lipinski definition) is 7. The fourth-order valence-corrected chi connectivity index (χ4v) is 7.36. The van der Waals surface area contributed by atoms with E-state index in [1.807, 2.05) is 12.1 Å². The maximum atomic E-state index is 10.6. The average molecular weight is 533 g/mol. The van der Waals surface area contributed by atoms with E-state index >= 15 is 0 Å². The lowest BCUT2D eigenvalue weighted by atomic mass is 9.77. The van der Waals surface area contributed by atoms with Crippen LogP contribution in [-0.2, 0) is 10.3 Å². The smallest absolute Gasteiger partial charge is 0.141 e. The van der Waals surface area contributed by atoms with Gasteiger partial charge in [-0.3, -0.25) is 0 Å². The molecule has 37 heavy (non-hydrogen) atoms. The minimum absolute atomic E-state index is 0.0287. The maximum absolute atomic E-state index is 10.6. The highest BCUT2D eigenvalue weighted by atomic mass is 32.2. The van der Waals surface area contributed by atoms with Crippen LogP contribution in [0.15, 0.2) is 96.2 Å². The van der Waals surface area contributed by atoms with E-state index in [1.54, 1.807) is 30.6 Å². The molecule has 0 amide bonds. The van der Waals surface area contributed by atoms with Crippen molar-refractivity contribution in [1.82, 2.24) is 10.2 Å². The van der Waals surface area contributed by atoms with Crippen molar-refractivity contribution in [3.63, 3.8) is 0 Å². The van der Waals surface area contributed by atoms with Crippen molar-refractivity contribution in [2.24, 2.45) is 5.92 Å². The molecule has 5 nitrogen and oxygen atoms in total. The highest BCUT2D eigenvalue weighted by Crippen LogP contribution is 2.43.